The van der Waals surface area contributed by atoms with Crippen molar-refractivity contribution in [2.45, 2.75) is 27.7 Å². The van der Waals surface area contributed by atoms with E-state index in [4.69, 9.17) is 0 Å². The van der Waals surface area contributed by atoms with Gasteiger partial charge in [-0.1, -0.05) is 0 Å². The fraction of sp³-hybridized carbons (Fsp3) is 0.286. The molecule has 1 aromatic carbocycles. The highest BCUT2D eigenvalue weighted by molar-refractivity contribution is 6.18. The van der Waals surface area contributed by atoms with Crippen LogP contribution in [-0.4, -0.2) is 23.1 Å². The van der Waals surface area contributed by atoms with Crippen molar-refractivity contribution in [2.24, 2.45) is 0 Å². The molecule has 0 aliphatic heterocycles. The molecule has 0 aliphatic carbocycles. The van der Waals surface area contributed by atoms with Crippen molar-refractivity contribution in [1.82, 2.24) is 0 Å². The summed E-state index contributed by atoms with van der Waals surface area (Å²) in [6.07, 6.45) is 0. The van der Waals surface area contributed by atoms with Crippen molar-refractivity contribution in [3.05, 3.63) is 34.4 Å². The van der Waals surface area contributed by atoms with E-state index in [1.165, 1.54) is 39.8 Å². The van der Waals surface area contributed by atoms with Gasteiger partial charge in [-0.05, 0) is 39.8 Å². The van der Waals surface area contributed by atoms with Crippen LogP contribution in [0.15, 0.2) is 12.1 Å². The molecule has 1 aromatic rings. The van der Waals surface area contributed by atoms with Crippen molar-refractivity contribution in [1.29, 1.82) is 0 Å². The minimum Gasteiger partial charge on any atom is -0.294 e. The highest BCUT2D eigenvalue weighted by Crippen LogP contribution is 2.22. The van der Waals surface area contributed by atoms with Crippen LogP contribution >= 0.6 is 0 Å². The third-order valence-electron chi connectivity index (χ3n) is 2.67. The molecule has 0 heterocycles. The number of Topliss-reactive ketones (excluding diaryl/α,β-unsaturated/α-hetero) is 4. The molecule has 94 valence electrons. The van der Waals surface area contributed by atoms with Crippen LogP contribution in [0.2, 0.25) is 0 Å². The zero-order valence-corrected chi connectivity index (χ0v) is 10.8. The standard InChI is InChI=1S/C14H14O4/c1-7(15)11-5-6-12(8(2)16)14(10(4)18)13(11)9(3)17/h5-6H,1-4H3. The number of hydrogen-bond donors (Lipinski definition) is 0. The van der Waals surface area contributed by atoms with E-state index in [2.05, 4.69) is 0 Å². The molecule has 0 spiro atoms. The summed E-state index contributed by atoms with van der Waals surface area (Å²) < 4.78 is 0. The van der Waals surface area contributed by atoms with Gasteiger partial charge in [-0.25, -0.2) is 0 Å². The summed E-state index contributed by atoms with van der Waals surface area (Å²) >= 11 is 0. The lowest BCUT2D eigenvalue weighted by Crippen LogP contribution is -2.15. The number of benzene rings is 1. The van der Waals surface area contributed by atoms with Crippen LogP contribution in [0, 0.1) is 0 Å². The molecule has 0 radical (unpaired) electrons. The Morgan fingerprint density at radius 2 is 0.889 bits per heavy atom. The van der Waals surface area contributed by atoms with Crippen LogP contribution in [0.4, 0.5) is 0 Å². The van der Waals surface area contributed by atoms with Gasteiger partial charge in [0, 0.05) is 22.3 Å². The smallest absolute Gasteiger partial charge is 0.161 e. The van der Waals surface area contributed by atoms with Crippen molar-refractivity contribution in [3.8, 4) is 0 Å². The maximum absolute atomic E-state index is 11.7. The summed E-state index contributed by atoms with van der Waals surface area (Å²) in [7, 11) is 0. The number of rotatable bonds is 4. The van der Waals surface area contributed by atoms with E-state index in [-0.39, 0.29) is 33.8 Å². The third kappa shape index (κ3) is 2.42. The van der Waals surface area contributed by atoms with E-state index < -0.39 is 11.6 Å². The molecule has 0 saturated heterocycles. The van der Waals surface area contributed by atoms with Gasteiger partial charge in [-0.3, -0.25) is 19.2 Å². The summed E-state index contributed by atoms with van der Waals surface area (Å²) in [5.74, 6) is -1.40. The predicted molar refractivity (Wildman–Crippen MR) is 66.5 cm³/mol. The summed E-state index contributed by atoms with van der Waals surface area (Å²) in [5, 5.41) is 0. The minimum absolute atomic E-state index is 0.0442. The van der Waals surface area contributed by atoms with Gasteiger partial charge in [0.25, 0.3) is 0 Å². The van der Waals surface area contributed by atoms with E-state index in [9.17, 15) is 19.2 Å². The maximum Gasteiger partial charge on any atom is 0.161 e. The van der Waals surface area contributed by atoms with Gasteiger partial charge in [0.15, 0.2) is 23.1 Å². The second kappa shape index (κ2) is 5.04. The predicted octanol–water partition coefficient (Wildman–Crippen LogP) is 2.50. The van der Waals surface area contributed by atoms with Crippen LogP contribution in [0.25, 0.3) is 0 Å². The summed E-state index contributed by atoms with van der Waals surface area (Å²) in [6.45, 7) is 5.19. The molecular weight excluding hydrogens is 232 g/mol. The second-order valence-electron chi connectivity index (χ2n) is 4.14. The SMILES string of the molecule is CC(=O)c1ccc(C(C)=O)c(C(C)=O)c1C(C)=O. The average molecular weight is 246 g/mol. The lowest BCUT2D eigenvalue weighted by Gasteiger charge is -2.12. The van der Waals surface area contributed by atoms with E-state index in [1.807, 2.05) is 0 Å². The summed E-state index contributed by atoms with van der Waals surface area (Å²) in [6, 6.07) is 2.84. The number of ketones is 4. The largest absolute Gasteiger partial charge is 0.294 e. The molecule has 0 bridgehead atoms. The first-order valence-electron chi connectivity index (χ1n) is 5.48. The molecule has 0 unspecified atom stereocenters. The van der Waals surface area contributed by atoms with E-state index in [0.29, 0.717) is 0 Å². The first-order valence-corrected chi connectivity index (χ1v) is 5.48. The zero-order chi connectivity index (χ0) is 14.0. The Labute approximate surface area is 105 Å². The number of carbonyl (C=O) groups excluding carboxylic acids is 4. The van der Waals surface area contributed by atoms with Gasteiger partial charge in [0.05, 0.1) is 0 Å². The topological polar surface area (TPSA) is 68.3 Å². The molecule has 18 heavy (non-hydrogen) atoms. The van der Waals surface area contributed by atoms with Crippen molar-refractivity contribution in [2.75, 3.05) is 0 Å². The van der Waals surface area contributed by atoms with Crippen molar-refractivity contribution in [3.63, 3.8) is 0 Å². The lowest BCUT2D eigenvalue weighted by atomic mass is 9.88. The van der Waals surface area contributed by atoms with E-state index in [1.54, 1.807) is 0 Å². The molecule has 0 N–H and O–H groups in total. The fourth-order valence-electron chi connectivity index (χ4n) is 1.92. The molecule has 0 aliphatic rings. The second-order valence-corrected chi connectivity index (χ2v) is 4.14. The Bertz CT molecular complexity index is 516. The monoisotopic (exact) mass is 246 g/mol. The molecular formula is C14H14O4. The van der Waals surface area contributed by atoms with Gasteiger partial charge in [0.1, 0.15) is 0 Å². The average Bonchev–Trinajstić information content (AvgIpc) is 2.26. The Hall–Kier alpha value is -2.10. The summed E-state index contributed by atoms with van der Waals surface area (Å²) in [5.41, 5.74) is 0.445. The Balaban J connectivity index is 3.82. The molecule has 0 fully saturated rings. The first-order chi connectivity index (χ1) is 8.27. The molecule has 0 amide bonds. The van der Waals surface area contributed by atoms with Gasteiger partial charge < -0.3 is 0 Å². The normalized spacial score (nSPS) is 10.0. The highest BCUT2D eigenvalue weighted by atomic mass is 16.1. The van der Waals surface area contributed by atoms with E-state index in [0.717, 1.165) is 0 Å². The zero-order valence-electron chi connectivity index (χ0n) is 10.8. The van der Waals surface area contributed by atoms with Crippen LogP contribution < -0.4 is 0 Å². The fourth-order valence-corrected chi connectivity index (χ4v) is 1.92. The summed E-state index contributed by atoms with van der Waals surface area (Å²) in [4.78, 5) is 46.3. The van der Waals surface area contributed by atoms with Crippen LogP contribution in [0.3, 0.4) is 0 Å². The molecule has 1 rings (SSSR count). The lowest BCUT2D eigenvalue weighted by molar-refractivity contribution is 0.0958. The van der Waals surface area contributed by atoms with Crippen LogP contribution in [0.5, 0.6) is 0 Å². The Morgan fingerprint density at radius 1 is 0.611 bits per heavy atom. The maximum atomic E-state index is 11.7. The number of carbonyl (C=O) groups is 4. The number of hydrogen-bond acceptors (Lipinski definition) is 4. The molecule has 4 nitrogen and oxygen atoms in total. The van der Waals surface area contributed by atoms with Crippen molar-refractivity contribution >= 4 is 23.1 Å². The van der Waals surface area contributed by atoms with Gasteiger partial charge in [-0.15, -0.1) is 0 Å². The van der Waals surface area contributed by atoms with Gasteiger partial charge >= 0.3 is 0 Å². The van der Waals surface area contributed by atoms with E-state index >= 15 is 0 Å². The van der Waals surface area contributed by atoms with Gasteiger partial charge in [-0.2, -0.15) is 0 Å². The quantitative estimate of drug-likeness (QED) is 0.765. The highest BCUT2D eigenvalue weighted by Gasteiger charge is 2.23. The molecule has 0 aromatic heterocycles. The molecule has 4 heteroatoms. The van der Waals surface area contributed by atoms with Crippen molar-refractivity contribution < 1.29 is 19.2 Å². The molecule has 0 saturated carbocycles. The minimum atomic E-state index is -0.395. The molecule has 0 atom stereocenters. The van der Waals surface area contributed by atoms with Crippen LogP contribution in [-0.2, 0) is 0 Å². The third-order valence-corrected chi connectivity index (χ3v) is 2.67. The van der Waals surface area contributed by atoms with Crippen LogP contribution in [0.1, 0.15) is 69.1 Å². The Morgan fingerprint density at radius 3 is 1.06 bits per heavy atom. The first kappa shape index (κ1) is 14.0. The Kier molecular flexibility index (Phi) is 3.91. The van der Waals surface area contributed by atoms with Gasteiger partial charge in [0.2, 0.25) is 0 Å².